The van der Waals surface area contributed by atoms with E-state index in [0.717, 1.165) is 18.5 Å². The molecular weight excluding hydrogens is 266 g/mol. The highest BCUT2D eigenvalue weighted by Crippen LogP contribution is 2.14. The molecule has 112 valence electrons. The summed E-state index contributed by atoms with van der Waals surface area (Å²) in [7, 11) is 0. The lowest BCUT2D eigenvalue weighted by molar-refractivity contribution is -0.120. The van der Waals surface area contributed by atoms with Crippen molar-refractivity contribution < 1.29 is 18.3 Å². The second-order valence-corrected chi connectivity index (χ2v) is 4.30. The minimum absolute atomic E-state index is 0.0453. The number of hydrogen-bond acceptors (Lipinski definition) is 3. The van der Waals surface area contributed by atoms with Crippen LogP contribution in [-0.4, -0.2) is 32.2 Å². The predicted octanol–water partition coefficient (Wildman–Crippen LogP) is 1.95. The van der Waals surface area contributed by atoms with Gasteiger partial charge in [-0.05, 0) is 37.1 Å². The second kappa shape index (κ2) is 9.25. The van der Waals surface area contributed by atoms with Gasteiger partial charge in [-0.25, -0.2) is 0 Å². The Bertz CT molecular complexity index is 397. The standard InChI is InChI=1S/C14H20F2N2O2/c1-2-8-17-10-13(19)18-9-7-11-3-5-12(6-4-11)20-14(15)16/h3-6,14,17H,2,7-10H2,1H3,(H,18,19). The molecule has 0 aliphatic rings. The number of amides is 1. The highest BCUT2D eigenvalue weighted by molar-refractivity contribution is 5.77. The third kappa shape index (κ3) is 7.04. The van der Waals surface area contributed by atoms with Gasteiger partial charge in [0.2, 0.25) is 5.91 Å². The first-order valence-electron chi connectivity index (χ1n) is 6.63. The van der Waals surface area contributed by atoms with Crippen LogP contribution in [0.5, 0.6) is 5.75 Å². The van der Waals surface area contributed by atoms with Crippen molar-refractivity contribution in [1.29, 1.82) is 0 Å². The smallest absolute Gasteiger partial charge is 0.387 e. The molecule has 0 fully saturated rings. The van der Waals surface area contributed by atoms with Gasteiger partial charge < -0.3 is 15.4 Å². The van der Waals surface area contributed by atoms with Crippen LogP contribution in [0.4, 0.5) is 8.78 Å². The molecule has 0 aliphatic heterocycles. The van der Waals surface area contributed by atoms with E-state index in [4.69, 9.17) is 0 Å². The molecule has 2 N–H and O–H groups in total. The zero-order valence-corrected chi connectivity index (χ0v) is 11.5. The zero-order valence-electron chi connectivity index (χ0n) is 11.5. The van der Waals surface area contributed by atoms with Gasteiger partial charge in [0.1, 0.15) is 5.75 Å². The fourth-order valence-corrected chi connectivity index (χ4v) is 1.63. The first-order valence-corrected chi connectivity index (χ1v) is 6.63. The summed E-state index contributed by atoms with van der Waals surface area (Å²) in [5, 5.41) is 5.79. The molecule has 0 aromatic heterocycles. The lowest BCUT2D eigenvalue weighted by atomic mass is 10.1. The third-order valence-electron chi connectivity index (χ3n) is 2.60. The molecule has 0 spiro atoms. The quantitative estimate of drug-likeness (QED) is 0.682. The van der Waals surface area contributed by atoms with E-state index in [1.165, 1.54) is 12.1 Å². The molecule has 0 radical (unpaired) electrons. The molecule has 0 aliphatic carbocycles. The summed E-state index contributed by atoms with van der Waals surface area (Å²) >= 11 is 0. The maximum absolute atomic E-state index is 12.0. The van der Waals surface area contributed by atoms with E-state index in [1.807, 2.05) is 6.92 Å². The molecule has 0 saturated heterocycles. The molecule has 0 heterocycles. The zero-order chi connectivity index (χ0) is 14.8. The topological polar surface area (TPSA) is 50.4 Å². The summed E-state index contributed by atoms with van der Waals surface area (Å²) in [4.78, 5) is 11.4. The average Bonchev–Trinajstić information content (AvgIpc) is 2.40. The van der Waals surface area contributed by atoms with Gasteiger partial charge in [-0.2, -0.15) is 8.78 Å². The largest absolute Gasteiger partial charge is 0.435 e. The van der Waals surface area contributed by atoms with Crippen molar-refractivity contribution in [3.05, 3.63) is 29.8 Å². The Morgan fingerprint density at radius 2 is 1.95 bits per heavy atom. The van der Waals surface area contributed by atoms with E-state index in [1.54, 1.807) is 12.1 Å². The van der Waals surface area contributed by atoms with Crippen molar-refractivity contribution in [3.8, 4) is 5.75 Å². The summed E-state index contributed by atoms with van der Waals surface area (Å²) in [6.07, 6.45) is 1.63. The Morgan fingerprint density at radius 1 is 1.25 bits per heavy atom. The fourth-order valence-electron chi connectivity index (χ4n) is 1.63. The van der Waals surface area contributed by atoms with Crippen LogP contribution in [0.3, 0.4) is 0 Å². The molecule has 1 amide bonds. The van der Waals surface area contributed by atoms with Crippen molar-refractivity contribution in [2.24, 2.45) is 0 Å². The number of halogens is 2. The van der Waals surface area contributed by atoms with E-state index in [2.05, 4.69) is 15.4 Å². The van der Waals surface area contributed by atoms with E-state index in [0.29, 0.717) is 19.5 Å². The summed E-state index contributed by atoms with van der Waals surface area (Å²) in [5.41, 5.74) is 0.952. The molecule has 4 nitrogen and oxygen atoms in total. The van der Waals surface area contributed by atoms with Gasteiger partial charge >= 0.3 is 6.61 Å². The van der Waals surface area contributed by atoms with Gasteiger partial charge in [0.25, 0.3) is 0 Å². The lowest BCUT2D eigenvalue weighted by Crippen LogP contribution is -2.35. The van der Waals surface area contributed by atoms with Crippen LogP contribution in [0.25, 0.3) is 0 Å². The van der Waals surface area contributed by atoms with Gasteiger partial charge in [-0.3, -0.25) is 4.79 Å². The number of ether oxygens (including phenoxy) is 1. The van der Waals surface area contributed by atoms with Crippen LogP contribution in [0.2, 0.25) is 0 Å². The SMILES string of the molecule is CCCNCC(=O)NCCc1ccc(OC(F)F)cc1. The Labute approximate surface area is 117 Å². The number of nitrogens with one attached hydrogen (secondary N) is 2. The van der Waals surface area contributed by atoms with Crippen LogP contribution in [0, 0.1) is 0 Å². The van der Waals surface area contributed by atoms with Gasteiger partial charge in [-0.15, -0.1) is 0 Å². The first-order chi connectivity index (χ1) is 9.61. The van der Waals surface area contributed by atoms with Crippen LogP contribution >= 0.6 is 0 Å². The Hall–Kier alpha value is -1.69. The highest BCUT2D eigenvalue weighted by atomic mass is 19.3. The second-order valence-electron chi connectivity index (χ2n) is 4.30. The van der Waals surface area contributed by atoms with Gasteiger partial charge in [0.15, 0.2) is 0 Å². The maximum atomic E-state index is 12.0. The average molecular weight is 286 g/mol. The number of alkyl halides is 2. The van der Waals surface area contributed by atoms with Gasteiger partial charge in [0.05, 0.1) is 6.54 Å². The Kier molecular flexibility index (Phi) is 7.57. The monoisotopic (exact) mass is 286 g/mol. The number of carbonyl (C=O) groups excluding carboxylic acids is 1. The molecule has 6 heteroatoms. The molecular formula is C14H20F2N2O2. The molecule has 0 saturated carbocycles. The Balaban J connectivity index is 2.23. The van der Waals surface area contributed by atoms with Crippen molar-refractivity contribution >= 4 is 5.91 Å². The third-order valence-corrected chi connectivity index (χ3v) is 2.60. The minimum atomic E-state index is -2.81. The summed E-state index contributed by atoms with van der Waals surface area (Å²) < 4.78 is 28.2. The number of benzene rings is 1. The summed E-state index contributed by atoms with van der Waals surface area (Å²) in [6.45, 7) is 0.873. The molecule has 0 atom stereocenters. The molecule has 1 aromatic rings. The van der Waals surface area contributed by atoms with Crippen LogP contribution in [0.1, 0.15) is 18.9 Å². The van der Waals surface area contributed by atoms with Crippen LogP contribution < -0.4 is 15.4 Å². The molecule has 0 bridgehead atoms. The van der Waals surface area contributed by atoms with Crippen molar-refractivity contribution in [2.75, 3.05) is 19.6 Å². The summed E-state index contributed by atoms with van der Waals surface area (Å²) in [5.74, 6) is 0.0904. The molecule has 1 rings (SSSR count). The number of rotatable bonds is 9. The van der Waals surface area contributed by atoms with E-state index in [9.17, 15) is 13.6 Å². The molecule has 0 unspecified atom stereocenters. The van der Waals surface area contributed by atoms with E-state index >= 15 is 0 Å². The van der Waals surface area contributed by atoms with Gasteiger partial charge in [-0.1, -0.05) is 19.1 Å². The number of hydrogen-bond donors (Lipinski definition) is 2. The molecule has 1 aromatic carbocycles. The van der Waals surface area contributed by atoms with Gasteiger partial charge in [0, 0.05) is 6.54 Å². The minimum Gasteiger partial charge on any atom is -0.435 e. The lowest BCUT2D eigenvalue weighted by Gasteiger charge is -2.07. The number of carbonyl (C=O) groups is 1. The van der Waals surface area contributed by atoms with Crippen molar-refractivity contribution in [1.82, 2.24) is 10.6 Å². The predicted molar refractivity (Wildman–Crippen MR) is 72.9 cm³/mol. The summed E-state index contributed by atoms with van der Waals surface area (Å²) in [6, 6.07) is 6.40. The first kappa shape index (κ1) is 16.4. The van der Waals surface area contributed by atoms with Crippen LogP contribution in [0.15, 0.2) is 24.3 Å². The fraction of sp³-hybridized carbons (Fsp3) is 0.500. The van der Waals surface area contributed by atoms with Crippen molar-refractivity contribution in [2.45, 2.75) is 26.4 Å². The maximum Gasteiger partial charge on any atom is 0.387 e. The van der Waals surface area contributed by atoms with Crippen LogP contribution in [-0.2, 0) is 11.2 Å². The van der Waals surface area contributed by atoms with E-state index < -0.39 is 6.61 Å². The Morgan fingerprint density at radius 3 is 2.55 bits per heavy atom. The van der Waals surface area contributed by atoms with Crippen molar-refractivity contribution in [3.63, 3.8) is 0 Å². The highest BCUT2D eigenvalue weighted by Gasteiger charge is 2.04. The normalized spacial score (nSPS) is 10.6. The molecule has 20 heavy (non-hydrogen) atoms. The van der Waals surface area contributed by atoms with E-state index in [-0.39, 0.29) is 11.7 Å².